The van der Waals surface area contributed by atoms with E-state index in [0.29, 0.717) is 12.6 Å². The van der Waals surface area contributed by atoms with Gasteiger partial charge in [-0.3, -0.25) is 9.69 Å². The van der Waals surface area contributed by atoms with E-state index in [1.54, 1.807) is 0 Å². The average molecular weight is 213 g/mol. The summed E-state index contributed by atoms with van der Waals surface area (Å²) in [6, 6.07) is 0.483. The molecular weight excluding hydrogens is 190 g/mol. The molecule has 88 valence electrons. The molecule has 4 nitrogen and oxygen atoms in total. The molecule has 1 unspecified atom stereocenters. The fourth-order valence-corrected chi connectivity index (χ4v) is 1.70. The standard InChI is InChI=1S/C11H23N3O/c1-4-10(2)13(3)9-11(15)14-7-5-12-6-8-14/h10,12H,4-9H2,1-3H3. The van der Waals surface area contributed by atoms with Crippen LogP contribution in [0.2, 0.25) is 0 Å². The molecule has 1 N–H and O–H groups in total. The molecular formula is C11H23N3O. The number of piperazine rings is 1. The second kappa shape index (κ2) is 6.08. The van der Waals surface area contributed by atoms with E-state index in [1.807, 2.05) is 11.9 Å². The molecule has 1 rings (SSSR count). The Hall–Kier alpha value is -0.610. The van der Waals surface area contributed by atoms with Gasteiger partial charge in [-0.15, -0.1) is 0 Å². The second-order valence-corrected chi connectivity index (χ2v) is 4.30. The largest absolute Gasteiger partial charge is 0.339 e. The molecule has 1 aliphatic rings. The number of nitrogens with one attached hydrogen (secondary N) is 1. The molecule has 0 aliphatic carbocycles. The van der Waals surface area contributed by atoms with Gasteiger partial charge in [-0.2, -0.15) is 0 Å². The smallest absolute Gasteiger partial charge is 0.236 e. The quantitative estimate of drug-likeness (QED) is 0.722. The van der Waals surface area contributed by atoms with Crippen molar-refractivity contribution in [1.82, 2.24) is 15.1 Å². The van der Waals surface area contributed by atoms with Gasteiger partial charge in [0.25, 0.3) is 0 Å². The number of amides is 1. The normalized spacial score (nSPS) is 19.3. The van der Waals surface area contributed by atoms with E-state index in [9.17, 15) is 4.79 Å². The third kappa shape index (κ3) is 3.80. The van der Waals surface area contributed by atoms with Crippen LogP contribution in [-0.4, -0.2) is 61.5 Å². The van der Waals surface area contributed by atoms with E-state index in [-0.39, 0.29) is 5.91 Å². The zero-order valence-electron chi connectivity index (χ0n) is 10.1. The van der Waals surface area contributed by atoms with E-state index < -0.39 is 0 Å². The van der Waals surface area contributed by atoms with Gasteiger partial charge >= 0.3 is 0 Å². The molecule has 1 heterocycles. The Bertz CT molecular complexity index is 202. The summed E-state index contributed by atoms with van der Waals surface area (Å²) < 4.78 is 0. The number of carbonyl (C=O) groups excluding carboxylic acids is 1. The molecule has 1 saturated heterocycles. The van der Waals surface area contributed by atoms with E-state index in [1.165, 1.54) is 0 Å². The molecule has 0 saturated carbocycles. The van der Waals surface area contributed by atoms with Crippen LogP contribution < -0.4 is 5.32 Å². The van der Waals surface area contributed by atoms with Gasteiger partial charge < -0.3 is 10.2 Å². The summed E-state index contributed by atoms with van der Waals surface area (Å²) in [5.74, 6) is 0.263. The predicted octanol–water partition coefficient (Wildman–Crippen LogP) is 0.149. The van der Waals surface area contributed by atoms with Crippen LogP contribution in [0.3, 0.4) is 0 Å². The first-order valence-corrected chi connectivity index (χ1v) is 5.84. The van der Waals surface area contributed by atoms with E-state index in [2.05, 4.69) is 24.1 Å². The van der Waals surface area contributed by atoms with E-state index >= 15 is 0 Å². The molecule has 15 heavy (non-hydrogen) atoms. The molecule has 1 aliphatic heterocycles. The summed E-state index contributed by atoms with van der Waals surface area (Å²) in [6.07, 6.45) is 1.09. The zero-order chi connectivity index (χ0) is 11.3. The van der Waals surface area contributed by atoms with Crippen LogP contribution in [0.5, 0.6) is 0 Å². The first-order chi connectivity index (χ1) is 7.15. The first-order valence-electron chi connectivity index (χ1n) is 5.84. The van der Waals surface area contributed by atoms with Crippen molar-refractivity contribution in [2.24, 2.45) is 0 Å². The minimum Gasteiger partial charge on any atom is -0.339 e. The number of carbonyl (C=O) groups is 1. The summed E-state index contributed by atoms with van der Waals surface area (Å²) >= 11 is 0. The lowest BCUT2D eigenvalue weighted by Crippen LogP contribution is -2.50. The topological polar surface area (TPSA) is 35.6 Å². The van der Waals surface area contributed by atoms with Crippen molar-refractivity contribution < 1.29 is 4.79 Å². The van der Waals surface area contributed by atoms with Crippen molar-refractivity contribution in [3.63, 3.8) is 0 Å². The highest BCUT2D eigenvalue weighted by Crippen LogP contribution is 2.02. The average Bonchev–Trinajstić information content (AvgIpc) is 2.29. The molecule has 1 atom stereocenters. The van der Waals surface area contributed by atoms with Gasteiger partial charge in [0.15, 0.2) is 0 Å². The van der Waals surface area contributed by atoms with Gasteiger partial charge in [-0.1, -0.05) is 6.92 Å². The highest BCUT2D eigenvalue weighted by Gasteiger charge is 2.18. The molecule has 0 aromatic rings. The van der Waals surface area contributed by atoms with E-state index in [0.717, 1.165) is 32.6 Å². The van der Waals surface area contributed by atoms with Gasteiger partial charge in [0.05, 0.1) is 6.54 Å². The van der Waals surface area contributed by atoms with Gasteiger partial charge in [0.2, 0.25) is 5.91 Å². The van der Waals surface area contributed by atoms with Crippen molar-refractivity contribution >= 4 is 5.91 Å². The molecule has 0 bridgehead atoms. The summed E-state index contributed by atoms with van der Waals surface area (Å²) in [7, 11) is 2.02. The van der Waals surface area contributed by atoms with Crippen molar-refractivity contribution in [2.45, 2.75) is 26.3 Å². The van der Waals surface area contributed by atoms with E-state index in [4.69, 9.17) is 0 Å². The third-order valence-electron chi connectivity index (χ3n) is 3.20. The summed E-state index contributed by atoms with van der Waals surface area (Å²) in [5.41, 5.74) is 0. The van der Waals surface area contributed by atoms with Crippen LogP contribution in [0.15, 0.2) is 0 Å². The molecule has 0 radical (unpaired) electrons. The Labute approximate surface area is 92.6 Å². The fourth-order valence-electron chi connectivity index (χ4n) is 1.70. The fraction of sp³-hybridized carbons (Fsp3) is 0.909. The van der Waals surface area contributed by atoms with Crippen LogP contribution in [0, 0.1) is 0 Å². The third-order valence-corrected chi connectivity index (χ3v) is 3.20. The lowest BCUT2D eigenvalue weighted by Gasteiger charge is -2.30. The number of nitrogens with zero attached hydrogens (tertiary/aromatic N) is 2. The number of hydrogen-bond donors (Lipinski definition) is 1. The predicted molar refractivity (Wildman–Crippen MR) is 61.8 cm³/mol. The summed E-state index contributed by atoms with van der Waals surface area (Å²) in [6.45, 7) is 8.43. The maximum Gasteiger partial charge on any atom is 0.236 e. The van der Waals surface area contributed by atoms with Gasteiger partial charge in [0.1, 0.15) is 0 Å². The van der Waals surface area contributed by atoms with Gasteiger partial charge in [-0.05, 0) is 20.4 Å². The molecule has 0 aromatic heterocycles. The van der Waals surface area contributed by atoms with Gasteiger partial charge in [-0.25, -0.2) is 0 Å². The lowest BCUT2D eigenvalue weighted by molar-refractivity contribution is -0.133. The Kier molecular flexibility index (Phi) is 5.05. The second-order valence-electron chi connectivity index (χ2n) is 4.30. The molecule has 1 fully saturated rings. The first kappa shape index (κ1) is 12.5. The van der Waals surface area contributed by atoms with Crippen LogP contribution in [0.25, 0.3) is 0 Å². The number of rotatable bonds is 4. The SMILES string of the molecule is CCC(C)N(C)CC(=O)N1CCNCC1. The maximum absolute atomic E-state index is 11.9. The Morgan fingerprint density at radius 1 is 1.47 bits per heavy atom. The zero-order valence-corrected chi connectivity index (χ0v) is 10.1. The highest BCUT2D eigenvalue weighted by atomic mass is 16.2. The molecule has 1 amide bonds. The highest BCUT2D eigenvalue weighted by molar-refractivity contribution is 5.78. The minimum atomic E-state index is 0.263. The Balaban J connectivity index is 2.33. The Morgan fingerprint density at radius 2 is 2.07 bits per heavy atom. The van der Waals surface area contributed by atoms with Crippen LogP contribution >= 0.6 is 0 Å². The number of hydrogen-bond acceptors (Lipinski definition) is 3. The van der Waals surface area contributed by atoms with Crippen LogP contribution in [-0.2, 0) is 4.79 Å². The van der Waals surface area contributed by atoms with Crippen molar-refractivity contribution in [1.29, 1.82) is 0 Å². The molecule has 0 spiro atoms. The lowest BCUT2D eigenvalue weighted by atomic mass is 10.2. The van der Waals surface area contributed by atoms with Crippen LogP contribution in [0.1, 0.15) is 20.3 Å². The Morgan fingerprint density at radius 3 is 2.60 bits per heavy atom. The van der Waals surface area contributed by atoms with Crippen molar-refractivity contribution in [3.05, 3.63) is 0 Å². The maximum atomic E-state index is 11.9. The number of likely N-dealkylation sites (N-methyl/N-ethyl adjacent to an activating group) is 1. The summed E-state index contributed by atoms with van der Waals surface area (Å²) in [4.78, 5) is 16.0. The van der Waals surface area contributed by atoms with Crippen molar-refractivity contribution in [2.75, 3.05) is 39.8 Å². The molecule has 0 aromatic carbocycles. The molecule has 4 heteroatoms. The van der Waals surface area contributed by atoms with Gasteiger partial charge in [0, 0.05) is 32.2 Å². The van der Waals surface area contributed by atoms with Crippen LogP contribution in [0.4, 0.5) is 0 Å². The summed E-state index contributed by atoms with van der Waals surface area (Å²) in [5, 5.41) is 3.25. The van der Waals surface area contributed by atoms with Crippen molar-refractivity contribution in [3.8, 4) is 0 Å². The minimum absolute atomic E-state index is 0.263. The monoisotopic (exact) mass is 213 g/mol.